The first-order valence-electron chi connectivity index (χ1n) is 37.0. The van der Waals surface area contributed by atoms with Gasteiger partial charge in [0.15, 0.2) is 0 Å². The monoisotopic (exact) mass is 1360 g/mol. The molecule has 4 heteroatoms. The van der Waals surface area contributed by atoms with Gasteiger partial charge in [0.2, 0.25) is 0 Å². The highest BCUT2D eigenvalue weighted by molar-refractivity contribution is 6.17. The summed E-state index contributed by atoms with van der Waals surface area (Å²) in [6, 6.07) is 153. The maximum atomic E-state index is 2.53. The highest BCUT2D eigenvalue weighted by Crippen LogP contribution is 2.63. The molecule has 0 atom stereocenters. The van der Waals surface area contributed by atoms with Crippen molar-refractivity contribution >= 4 is 77.7 Å². The first kappa shape index (κ1) is 61.6. The number of hydrogen-bond acceptors (Lipinski definition) is 2. The molecule has 0 bridgehead atoms. The topological polar surface area (TPSA) is 16.3 Å². The van der Waals surface area contributed by atoms with Crippen LogP contribution in [0, 0.1) is 0 Å². The zero-order valence-corrected chi connectivity index (χ0v) is 58.5. The number of fused-ring (bicyclic) bond motifs is 16. The second kappa shape index (κ2) is 25.1. The Bertz CT molecular complexity index is 6270. The zero-order chi connectivity index (χ0) is 70.5. The van der Waals surface area contributed by atoms with E-state index < -0.39 is 5.41 Å². The van der Waals surface area contributed by atoms with Gasteiger partial charge >= 0.3 is 0 Å². The quantitative estimate of drug-likeness (QED) is 0.114. The predicted molar refractivity (Wildman–Crippen MR) is 448 cm³/mol. The Hall–Kier alpha value is -14.1. The van der Waals surface area contributed by atoms with Crippen LogP contribution in [0.25, 0.3) is 133 Å². The number of nitrogens with zero attached hydrogens (tertiary/aromatic N) is 4. The summed E-state index contributed by atoms with van der Waals surface area (Å²) in [5.74, 6) is 0. The number of aromatic nitrogens is 2. The van der Waals surface area contributed by atoms with Gasteiger partial charge in [-0.2, -0.15) is 0 Å². The molecule has 0 saturated heterocycles. The van der Waals surface area contributed by atoms with Crippen LogP contribution in [0.1, 0.15) is 22.3 Å². The van der Waals surface area contributed by atoms with E-state index in [1.54, 1.807) is 0 Å². The van der Waals surface area contributed by atoms with E-state index in [2.05, 4.69) is 431 Å². The van der Waals surface area contributed by atoms with Crippen LogP contribution in [-0.4, -0.2) is 9.13 Å². The lowest BCUT2D eigenvalue weighted by Gasteiger charge is -2.31. The van der Waals surface area contributed by atoms with Crippen molar-refractivity contribution < 1.29 is 0 Å². The van der Waals surface area contributed by atoms with Crippen LogP contribution >= 0.6 is 0 Å². The lowest BCUT2D eigenvalue weighted by atomic mass is 9.70. The van der Waals surface area contributed by atoms with Crippen molar-refractivity contribution in [3.8, 4) is 89.3 Å². The van der Waals surface area contributed by atoms with Crippen LogP contribution in [0.4, 0.5) is 34.1 Å². The summed E-state index contributed by atoms with van der Waals surface area (Å²) in [5, 5.41) is 4.90. The second-order valence-corrected chi connectivity index (χ2v) is 28.3. The first-order chi connectivity index (χ1) is 53.1. The Morgan fingerprint density at radius 2 is 0.486 bits per heavy atom. The van der Waals surface area contributed by atoms with Crippen LogP contribution in [0.3, 0.4) is 0 Å². The normalized spacial score (nSPS) is 12.4. The number of benzene rings is 17. The summed E-state index contributed by atoms with van der Waals surface area (Å²) in [6.07, 6.45) is 0. The molecular weight excluding hydrogens is 1290 g/mol. The molecule has 107 heavy (non-hydrogen) atoms. The molecule has 21 rings (SSSR count). The minimum Gasteiger partial charge on any atom is -0.310 e. The van der Waals surface area contributed by atoms with Gasteiger partial charge < -0.3 is 18.9 Å². The third-order valence-corrected chi connectivity index (χ3v) is 22.5. The molecule has 2 aromatic heterocycles. The summed E-state index contributed by atoms with van der Waals surface area (Å²) in [5.41, 5.74) is 34.4. The molecular formula is C103H68N4. The lowest BCUT2D eigenvalue weighted by Crippen LogP contribution is -2.25. The molecule has 19 aromatic rings. The summed E-state index contributed by atoms with van der Waals surface area (Å²) in [4.78, 5) is 4.93. The van der Waals surface area contributed by atoms with E-state index in [-0.39, 0.29) is 0 Å². The van der Waals surface area contributed by atoms with Crippen molar-refractivity contribution in [2.24, 2.45) is 0 Å². The largest absolute Gasteiger partial charge is 0.310 e. The van der Waals surface area contributed by atoms with Gasteiger partial charge in [0.1, 0.15) is 0 Å². The SMILES string of the molecule is c1ccc(-c2ccc(N(c3ccc(-c4cccc5c4c4ccccc4n5-c4ccccc4)cc3)c3cc(-c4ccc5c(c4)C4(c6ccccc6-c6ccccc64)c4ccccc4-5)cc(N(c4ccc(-c5ccccc5)cc4)c4ccc(-c5cccc6c5c5ccccc5n6-c5ccccc5)cc4)c3)cc2)cc1. The molecule has 2 heterocycles. The maximum absolute atomic E-state index is 2.53. The molecule has 0 N–H and O–H groups in total. The predicted octanol–water partition coefficient (Wildman–Crippen LogP) is 27.5. The summed E-state index contributed by atoms with van der Waals surface area (Å²) in [6.45, 7) is 0. The molecule has 17 aromatic carbocycles. The van der Waals surface area contributed by atoms with Crippen LogP contribution < -0.4 is 9.80 Å². The van der Waals surface area contributed by atoms with Crippen molar-refractivity contribution in [3.05, 3.63) is 435 Å². The van der Waals surface area contributed by atoms with E-state index in [1.165, 1.54) is 110 Å². The summed E-state index contributed by atoms with van der Waals surface area (Å²) < 4.78 is 4.81. The Morgan fingerprint density at radius 3 is 0.897 bits per heavy atom. The minimum absolute atomic E-state index is 0.542. The van der Waals surface area contributed by atoms with Crippen molar-refractivity contribution in [2.45, 2.75) is 5.41 Å². The second-order valence-electron chi connectivity index (χ2n) is 28.3. The van der Waals surface area contributed by atoms with Crippen LogP contribution in [-0.2, 0) is 5.41 Å². The smallest absolute Gasteiger partial charge is 0.0725 e. The fourth-order valence-electron chi connectivity index (χ4n) is 17.9. The average molecular weight is 1360 g/mol. The highest BCUT2D eigenvalue weighted by Gasteiger charge is 2.51. The highest BCUT2D eigenvalue weighted by atomic mass is 15.2. The van der Waals surface area contributed by atoms with E-state index >= 15 is 0 Å². The third-order valence-electron chi connectivity index (χ3n) is 22.5. The molecule has 2 aliphatic carbocycles. The number of para-hydroxylation sites is 4. The molecule has 0 saturated carbocycles. The minimum atomic E-state index is -0.542. The molecule has 2 aliphatic rings. The van der Waals surface area contributed by atoms with E-state index in [9.17, 15) is 0 Å². The van der Waals surface area contributed by atoms with Gasteiger partial charge in [0.25, 0.3) is 0 Å². The lowest BCUT2D eigenvalue weighted by molar-refractivity contribution is 0.794. The Labute approximate surface area is 622 Å². The molecule has 0 aliphatic heterocycles. The van der Waals surface area contributed by atoms with Crippen molar-refractivity contribution in [1.82, 2.24) is 9.13 Å². The van der Waals surface area contributed by atoms with E-state index in [1.807, 2.05) is 0 Å². The molecule has 0 unspecified atom stereocenters. The van der Waals surface area contributed by atoms with Gasteiger partial charge in [-0.1, -0.05) is 291 Å². The van der Waals surface area contributed by atoms with Crippen LogP contribution in [0.5, 0.6) is 0 Å². The van der Waals surface area contributed by atoms with E-state index in [0.29, 0.717) is 0 Å². The number of hydrogen-bond donors (Lipinski definition) is 0. The fraction of sp³-hybridized carbons (Fsp3) is 0.00971. The molecule has 500 valence electrons. The van der Waals surface area contributed by atoms with Crippen molar-refractivity contribution in [1.29, 1.82) is 0 Å². The van der Waals surface area contributed by atoms with Crippen molar-refractivity contribution in [2.75, 3.05) is 9.80 Å². The maximum Gasteiger partial charge on any atom is 0.0725 e. The van der Waals surface area contributed by atoms with Gasteiger partial charge in [-0.3, -0.25) is 0 Å². The number of anilines is 6. The zero-order valence-electron chi connectivity index (χ0n) is 58.5. The molecule has 0 radical (unpaired) electrons. The number of rotatable bonds is 13. The third kappa shape index (κ3) is 9.91. The first-order valence-corrected chi connectivity index (χ1v) is 37.0. The van der Waals surface area contributed by atoms with Crippen molar-refractivity contribution in [3.63, 3.8) is 0 Å². The van der Waals surface area contributed by atoms with Crippen LogP contribution in [0.2, 0.25) is 0 Å². The summed E-state index contributed by atoms with van der Waals surface area (Å²) in [7, 11) is 0. The van der Waals surface area contributed by atoms with Gasteiger partial charge in [-0.05, 0) is 221 Å². The van der Waals surface area contributed by atoms with E-state index in [4.69, 9.17) is 0 Å². The Balaban J connectivity index is 0.790. The molecule has 0 fully saturated rings. The Morgan fingerprint density at radius 1 is 0.178 bits per heavy atom. The summed E-state index contributed by atoms with van der Waals surface area (Å²) >= 11 is 0. The van der Waals surface area contributed by atoms with Gasteiger partial charge in [-0.25, -0.2) is 0 Å². The fourth-order valence-corrected chi connectivity index (χ4v) is 17.9. The molecule has 0 amide bonds. The van der Waals surface area contributed by atoms with Gasteiger partial charge in [-0.15, -0.1) is 0 Å². The van der Waals surface area contributed by atoms with Crippen LogP contribution in [0.15, 0.2) is 413 Å². The van der Waals surface area contributed by atoms with E-state index in [0.717, 1.165) is 78.9 Å². The standard InChI is InChI=1S/C103H68N4/c1-5-25-69(26-6-1)71-47-56-79(57-48-71)104(81-60-51-73(52-61-81)85-38-23-45-99-101(85)91-36-16-21-43-97(91)106(99)77-29-9-3-10-30-77)83-65-76(75-55-64-90-89-35-15-20-42-95(89)103(96(90)67-75)93-40-18-13-33-87(93)88-34-14-19-41-94(88)103)66-84(68-83)105(80-58-49-72(50-59-80)70-27-7-2-8-28-70)82-62-53-74(54-63-82)86-39-24-46-100-102(86)92-37-17-22-44-98(92)107(100)78-31-11-4-12-32-78/h1-68H. The van der Waals surface area contributed by atoms with Gasteiger partial charge in [0, 0.05) is 67.0 Å². The molecule has 4 nitrogen and oxygen atoms in total. The van der Waals surface area contributed by atoms with Gasteiger partial charge in [0.05, 0.1) is 27.5 Å². The molecule has 1 spiro atoms. The average Bonchev–Trinajstić information content (AvgIpc) is 1.51. The Kier molecular flexibility index (Phi) is 14.5.